The van der Waals surface area contributed by atoms with Gasteiger partial charge < -0.3 is 14.7 Å². The zero-order chi connectivity index (χ0) is 12.0. The Bertz CT molecular complexity index is 296. The predicted molar refractivity (Wildman–Crippen MR) is 63.4 cm³/mol. The van der Waals surface area contributed by atoms with Crippen LogP contribution in [0.1, 0.15) is 25.6 Å². The molecule has 16 heavy (non-hydrogen) atoms. The van der Waals surface area contributed by atoms with Crippen LogP contribution in [0.15, 0.2) is 4.52 Å². The van der Waals surface area contributed by atoms with Gasteiger partial charge in [-0.3, -0.25) is 0 Å². The summed E-state index contributed by atoms with van der Waals surface area (Å²) in [5.74, 6) is 1.52. The molecule has 0 aromatic carbocycles. The summed E-state index contributed by atoms with van der Waals surface area (Å²) in [5.41, 5.74) is 0. The van der Waals surface area contributed by atoms with Gasteiger partial charge >= 0.3 is 0 Å². The van der Waals surface area contributed by atoms with Crippen molar-refractivity contribution >= 4 is 0 Å². The highest BCUT2D eigenvalue weighted by molar-refractivity contribution is 4.87. The van der Waals surface area contributed by atoms with Crippen LogP contribution in [0.5, 0.6) is 0 Å². The topological polar surface area (TPSA) is 54.2 Å². The molecule has 0 aliphatic rings. The molecular formula is C11H22N4O. The Kier molecular flexibility index (Phi) is 5.42. The van der Waals surface area contributed by atoms with Crippen molar-refractivity contribution in [3.05, 3.63) is 11.7 Å². The van der Waals surface area contributed by atoms with Crippen LogP contribution in [0.4, 0.5) is 0 Å². The summed E-state index contributed by atoms with van der Waals surface area (Å²) in [6.45, 7) is 6.07. The van der Waals surface area contributed by atoms with E-state index in [1.165, 1.54) is 0 Å². The molecule has 0 aliphatic carbocycles. The van der Waals surface area contributed by atoms with E-state index in [9.17, 15) is 0 Å². The molecule has 0 bridgehead atoms. The highest BCUT2D eigenvalue weighted by Crippen LogP contribution is 1.99. The van der Waals surface area contributed by atoms with Gasteiger partial charge in [-0.15, -0.1) is 0 Å². The minimum atomic E-state index is 0.496. The minimum absolute atomic E-state index is 0.496. The molecule has 1 aromatic heterocycles. The molecule has 0 aliphatic heterocycles. The second-order valence-electron chi connectivity index (χ2n) is 4.52. The number of hydrogen-bond acceptors (Lipinski definition) is 5. The van der Waals surface area contributed by atoms with Gasteiger partial charge in [-0.1, -0.05) is 19.0 Å². The highest BCUT2D eigenvalue weighted by Gasteiger charge is 2.06. The molecule has 5 nitrogen and oxygen atoms in total. The Hall–Kier alpha value is -0.940. The molecule has 5 heteroatoms. The molecule has 0 radical (unpaired) electrons. The van der Waals surface area contributed by atoms with Crippen molar-refractivity contribution in [2.75, 3.05) is 27.2 Å². The van der Waals surface area contributed by atoms with Gasteiger partial charge in [0.25, 0.3) is 0 Å². The van der Waals surface area contributed by atoms with Crippen LogP contribution >= 0.6 is 0 Å². The molecule has 0 saturated heterocycles. The standard InChI is InChI=1S/C11H22N4O/c1-9(2)12-7-5-11-13-10(14-16-11)6-8-15(3)4/h9,12H,5-8H2,1-4H3. The molecular weight excluding hydrogens is 204 g/mol. The van der Waals surface area contributed by atoms with Crippen LogP contribution in [-0.4, -0.2) is 48.3 Å². The van der Waals surface area contributed by atoms with Crippen molar-refractivity contribution in [1.29, 1.82) is 0 Å². The van der Waals surface area contributed by atoms with Gasteiger partial charge in [0.1, 0.15) is 0 Å². The van der Waals surface area contributed by atoms with E-state index in [0.717, 1.165) is 37.6 Å². The maximum absolute atomic E-state index is 5.16. The highest BCUT2D eigenvalue weighted by atomic mass is 16.5. The van der Waals surface area contributed by atoms with Crippen molar-refractivity contribution in [1.82, 2.24) is 20.4 Å². The molecule has 0 atom stereocenters. The van der Waals surface area contributed by atoms with Gasteiger partial charge in [-0.2, -0.15) is 4.98 Å². The van der Waals surface area contributed by atoms with Gasteiger partial charge in [-0.25, -0.2) is 0 Å². The normalized spacial score (nSPS) is 11.6. The zero-order valence-electron chi connectivity index (χ0n) is 10.7. The number of aromatic nitrogens is 2. The SMILES string of the molecule is CC(C)NCCc1nc(CCN(C)C)no1. The molecule has 1 heterocycles. The summed E-state index contributed by atoms with van der Waals surface area (Å²) in [6.07, 6.45) is 1.64. The maximum atomic E-state index is 5.16. The van der Waals surface area contributed by atoms with Gasteiger partial charge in [0.2, 0.25) is 5.89 Å². The summed E-state index contributed by atoms with van der Waals surface area (Å²) in [4.78, 5) is 6.44. The van der Waals surface area contributed by atoms with E-state index in [-0.39, 0.29) is 0 Å². The van der Waals surface area contributed by atoms with Crippen LogP contribution < -0.4 is 5.32 Å². The fourth-order valence-corrected chi connectivity index (χ4v) is 1.28. The van der Waals surface area contributed by atoms with Gasteiger partial charge in [0.05, 0.1) is 0 Å². The summed E-state index contributed by atoms with van der Waals surface area (Å²) in [5, 5.41) is 7.26. The van der Waals surface area contributed by atoms with Crippen LogP contribution in [-0.2, 0) is 12.8 Å². The average molecular weight is 226 g/mol. The molecule has 0 amide bonds. The number of nitrogens with one attached hydrogen (secondary N) is 1. The summed E-state index contributed by atoms with van der Waals surface area (Å²) < 4.78 is 5.16. The van der Waals surface area contributed by atoms with Crippen molar-refractivity contribution in [3.63, 3.8) is 0 Å². The molecule has 1 aromatic rings. The number of rotatable bonds is 7. The number of hydrogen-bond donors (Lipinski definition) is 1. The second-order valence-corrected chi connectivity index (χ2v) is 4.52. The van der Waals surface area contributed by atoms with Crippen LogP contribution in [0.2, 0.25) is 0 Å². The smallest absolute Gasteiger partial charge is 0.227 e. The first-order chi connectivity index (χ1) is 7.58. The monoisotopic (exact) mass is 226 g/mol. The van der Waals surface area contributed by atoms with Crippen LogP contribution in [0.3, 0.4) is 0 Å². The third kappa shape index (κ3) is 5.23. The summed E-state index contributed by atoms with van der Waals surface area (Å²) in [7, 11) is 4.07. The molecule has 0 unspecified atom stereocenters. The Labute approximate surface area is 97.2 Å². The Morgan fingerprint density at radius 2 is 2.06 bits per heavy atom. The Morgan fingerprint density at radius 3 is 2.69 bits per heavy atom. The maximum Gasteiger partial charge on any atom is 0.227 e. The molecule has 1 rings (SSSR count). The van der Waals surface area contributed by atoms with Crippen molar-refractivity contribution in [2.45, 2.75) is 32.7 Å². The summed E-state index contributed by atoms with van der Waals surface area (Å²) in [6, 6.07) is 0.496. The third-order valence-corrected chi connectivity index (χ3v) is 2.18. The number of likely N-dealkylation sites (N-methyl/N-ethyl adjacent to an activating group) is 1. The average Bonchev–Trinajstić information content (AvgIpc) is 2.62. The molecule has 0 saturated carbocycles. The van der Waals surface area contributed by atoms with E-state index in [0.29, 0.717) is 6.04 Å². The van der Waals surface area contributed by atoms with E-state index in [1.54, 1.807) is 0 Å². The first kappa shape index (κ1) is 13.1. The minimum Gasteiger partial charge on any atom is -0.339 e. The third-order valence-electron chi connectivity index (χ3n) is 2.18. The van der Waals surface area contributed by atoms with E-state index in [2.05, 4.69) is 34.2 Å². The lowest BCUT2D eigenvalue weighted by atomic mass is 10.3. The summed E-state index contributed by atoms with van der Waals surface area (Å²) >= 11 is 0. The van der Waals surface area contributed by atoms with Crippen molar-refractivity contribution in [3.8, 4) is 0 Å². The lowest BCUT2D eigenvalue weighted by Gasteiger charge is -2.05. The van der Waals surface area contributed by atoms with E-state index >= 15 is 0 Å². The predicted octanol–water partition coefficient (Wildman–Crippen LogP) is 0.714. The van der Waals surface area contributed by atoms with Crippen molar-refractivity contribution < 1.29 is 4.52 Å². The first-order valence-electron chi connectivity index (χ1n) is 5.77. The molecule has 0 spiro atoms. The van der Waals surface area contributed by atoms with E-state index in [4.69, 9.17) is 4.52 Å². The number of nitrogens with zero attached hydrogens (tertiary/aromatic N) is 3. The quantitative estimate of drug-likeness (QED) is 0.742. The molecule has 1 N–H and O–H groups in total. The fourth-order valence-electron chi connectivity index (χ4n) is 1.28. The van der Waals surface area contributed by atoms with Crippen molar-refractivity contribution in [2.24, 2.45) is 0 Å². The van der Waals surface area contributed by atoms with E-state index in [1.807, 2.05) is 14.1 Å². The lowest BCUT2D eigenvalue weighted by molar-refractivity contribution is 0.362. The fraction of sp³-hybridized carbons (Fsp3) is 0.818. The second kappa shape index (κ2) is 6.60. The zero-order valence-corrected chi connectivity index (χ0v) is 10.7. The largest absolute Gasteiger partial charge is 0.339 e. The van der Waals surface area contributed by atoms with Gasteiger partial charge in [0.15, 0.2) is 5.82 Å². The van der Waals surface area contributed by atoms with Gasteiger partial charge in [0, 0.05) is 32.0 Å². The van der Waals surface area contributed by atoms with E-state index < -0.39 is 0 Å². The molecule has 92 valence electrons. The van der Waals surface area contributed by atoms with Gasteiger partial charge in [-0.05, 0) is 14.1 Å². The lowest BCUT2D eigenvalue weighted by Crippen LogP contribution is -2.25. The molecule has 0 fully saturated rings. The Balaban J connectivity index is 2.28. The van der Waals surface area contributed by atoms with Crippen LogP contribution in [0, 0.1) is 0 Å². The van der Waals surface area contributed by atoms with Crippen LogP contribution in [0.25, 0.3) is 0 Å². The Morgan fingerprint density at radius 1 is 1.31 bits per heavy atom. The first-order valence-corrected chi connectivity index (χ1v) is 5.77.